The highest BCUT2D eigenvalue weighted by molar-refractivity contribution is 7.09. The van der Waals surface area contributed by atoms with Gasteiger partial charge >= 0.3 is 0 Å². The second kappa shape index (κ2) is 6.44. The Morgan fingerprint density at radius 2 is 2.27 bits per heavy atom. The molecule has 2 atom stereocenters. The van der Waals surface area contributed by atoms with E-state index in [1.165, 1.54) is 5.01 Å². The summed E-state index contributed by atoms with van der Waals surface area (Å²) in [5.74, 6) is 1.82. The molecule has 1 aliphatic rings. The average Bonchev–Trinajstić information content (AvgIpc) is 3.18. The van der Waals surface area contributed by atoms with Crippen LogP contribution in [0.5, 0.6) is 0 Å². The summed E-state index contributed by atoms with van der Waals surface area (Å²) < 4.78 is 10.9. The molecule has 7 heteroatoms. The van der Waals surface area contributed by atoms with E-state index >= 15 is 0 Å². The third-order valence-corrected chi connectivity index (χ3v) is 5.15. The largest absolute Gasteiger partial charge is 0.380 e. The SMILES string of the molecule is CO[C@@H]1C[C@H](c2nc(C)no2)N(Cc2csc(C(C)C)n2)C1. The number of methoxy groups -OCH3 is 1. The van der Waals surface area contributed by atoms with Crippen LogP contribution in [0.25, 0.3) is 0 Å². The highest BCUT2D eigenvalue weighted by atomic mass is 32.1. The van der Waals surface area contributed by atoms with Gasteiger partial charge in [-0.2, -0.15) is 4.98 Å². The number of thiazole rings is 1. The summed E-state index contributed by atoms with van der Waals surface area (Å²) in [6.45, 7) is 7.83. The molecule has 0 bridgehead atoms. The van der Waals surface area contributed by atoms with Gasteiger partial charge in [0.25, 0.3) is 0 Å². The summed E-state index contributed by atoms with van der Waals surface area (Å²) in [6.07, 6.45) is 1.07. The molecule has 0 saturated carbocycles. The van der Waals surface area contributed by atoms with Gasteiger partial charge in [-0.15, -0.1) is 11.3 Å². The molecule has 0 unspecified atom stereocenters. The lowest BCUT2D eigenvalue weighted by molar-refractivity contribution is 0.107. The van der Waals surface area contributed by atoms with E-state index in [2.05, 4.69) is 34.3 Å². The first-order valence-corrected chi connectivity index (χ1v) is 8.46. The quantitative estimate of drug-likeness (QED) is 0.843. The third-order valence-electron chi connectivity index (χ3n) is 3.96. The van der Waals surface area contributed by atoms with Crippen LogP contribution in [0.3, 0.4) is 0 Å². The first kappa shape index (κ1) is 15.6. The van der Waals surface area contributed by atoms with E-state index in [0.29, 0.717) is 17.6 Å². The molecule has 3 rings (SSSR count). The van der Waals surface area contributed by atoms with Crippen LogP contribution < -0.4 is 0 Å². The van der Waals surface area contributed by atoms with Crippen LogP contribution in [0.1, 0.15) is 54.6 Å². The number of aromatic nitrogens is 3. The second-order valence-corrected chi connectivity index (χ2v) is 6.94. The number of aryl methyl sites for hydroxylation is 1. The summed E-state index contributed by atoms with van der Waals surface area (Å²) in [4.78, 5) is 11.4. The van der Waals surface area contributed by atoms with E-state index in [-0.39, 0.29) is 12.1 Å². The summed E-state index contributed by atoms with van der Waals surface area (Å²) in [7, 11) is 1.75. The molecular formula is C15H22N4O2S. The van der Waals surface area contributed by atoms with Crippen molar-refractivity contribution in [3.05, 3.63) is 27.8 Å². The maximum atomic E-state index is 5.53. The van der Waals surface area contributed by atoms with Crippen molar-refractivity contribution in [1.29, 1.82) is 0 Å². The lowest BCUT2D eigenvalue weighted by Crippen LogP contribution is -2.25. The fraction of sp³-hybridized carbons (Fsp3) is 0.667. The molecule has 22 heavy (non-hydrogen) atoms. The zero-order valence-corrected chi connectivity index (χ0v) is 14.3. The first-order valence-electron chi connectivity index (χ1n) is 7.58. The Hall–Kier alpha value is -1.31. The van der Waals surface area contributed by atoms with Gasteiger partial charge in [0.2, 0.25) is 5.89 Å². The number of hydrogen-bond donors (Lipinski definition) is 0. The third kappa shape index (κ3) is 3.21. The highest BCUT2D eigenvalue weighted by Gasteiger charge is 2.37. The van der Waals surface area contributed by atoms with Gasteiger partial charge in [0, 0.05) is 31.5 Å². The molecule has 0 aromatic carbocycles. The Labute approximate surface area is 134 Å². The van der Waals surface area contributed by atoms with Gasteiger partial charge in [0.15, 0.2) is 5.82 Å². The van der Waals surface area contributed by atoms with Crippen molar-refractivity contribution in [1.82, 2.24) is 20.0 Å². The molecule has 2 aromatic heterocycles. The Morgan fingerprint density at radius 3 is 2.86 bits per heavy atom. The van der Waals surface area contributed by atoms with Crippen molar-refractivity contribution in [2.24, 2.45) is 0 Å². The molecular weight excluding hydrogens is 300 g/mol. The van der Waals surface area contributed by atoms with E-state index in [1.54, 1.807) is 18.4 Å². The standard InChI is InChI=1S/C15H22N4O2S/c1-9(2)15-17-11(8-22-15)6-19-7-12(20-4)5-13(19)14-16-10(3)18-21-14/h8-9,12-13H,5-7H2,1-4H3/t12-,13-/m1/s1. The number of nitrogens with zero attached hydrogens (tertiary/aromatic N) is 4. The van der Waals surface area contributed by atoms with Crippen LogP contribution in [0.2, 0.25) is 0 Å². The lowest BCUT2D eigenvalue weighted by Gasteiger charge is -2.19. The topological polar surface area (TPSA) is 64.3 Å². The minimum Gasteiger partial charge on any atom is -0.380 e. The fourth-order valence-corrected chi connectivity index (χ4v) is 3.61. The van der Waals surface area contributed by atoms with Crippen molar-refractivity contribution >= 4 is 11.3 Å². The molecule has 0 N–H and O–H groups in total. The van der Waals surface area contributed by atoms with Crippen molar-refractivity contribution in [2.45, 2.75) is 51.8 Å². The van der Waals surface area contributed by atoms with Crippen LogP contribution in [-0.4, -0.2) is 39.8 Å². The predicted molar refractivity (Wildman–Crippen MR) is 83.8 cm³/mol. The van der Waals surface area contributed by atoms with Gasteiger partial charge in [-0.3, -0.25) is 4.90 Å². The van der Waals surface area contributed by atoms with Crippen molar-refractivity contribution < 1.29 is 9.26 Å². The van der Waals surface area contributed by atoms with Crippen molar-refractivity contribution in [3.63, 3.8) is 0 Å². The number of likely N-dealkylation sites (tertiary alicyclic amines) is 1. The maximum absolute atomic E-state index is 5.53. The van der Waals surface area contributed by atoms with E-state index in [0.717, 1.165) is 25.2 Å². The number of hydrogen-bond acceptors (Lipinski definition) is 7. The van der Waals surface area contributed by atoms with Gasteiger partial charge in [-0.1, -0.05) is 19.0 Å². The van der Waals surface area contributed by atoms with E-state index < -0.39 is 0 Å². The Kier molecular flexibility index (Phi) is 4.56. The van der Waals surface area contributed by atoms with Gasteiger partial charge in [0.05, 0.1) is 22.8 Å². The van der Waals surface area contributed by atoms with Crippen LogP contribution in [-0.2, 0) is 11.3 Å². The normalized spacial score (nSPS) is 22.8. The molecule has 120 valence electrons. The van der Waals surface area contributed by atoms with Crippen LogP contribution >= 0.6 is 11.3 Å². The molecule has 6 nitrogen and oxygen atoms in total. The van der Waals surface area contributed by atoms with Crippen LogP contribution in [0.15, 0.2) is 9.90 Å². The summed E-state index contributed by atoms with van der Waals surface area (Å²) >= 11 is 1.73. The maximum Gasteiger partial charge on any atom is 0.244 e. The number of ether oxygens (including phenoxy) is 1. The second-order valence-electron chi connectivity index (χ2n) is 6.05. The number of rotatable bonds is 5. The van der Waals surface area contributed by atoms with Gasteiger partial charge in [0.1, 0.15) is 0 Å². The smallest absolute Gasteiger partial charge is 0.244 e. The molecule has 0 radical (unpaired) electrons. The van der Waals surface area contributed by atoms with E-state index in [4.69, 9.17) is 14.2 Å². The van der Waals surface area contributed by atoms with Crippen molar-refractivity contribution in [3.8, 4) is 0 Å². The summed E-state index contributed by atoms with van der Waals surface area (Å²) in [5.41, 5.74) is 1.10. The van der Waals surface area contributed by atoms with Gasteiger partial charge in [-0.05, 0) is 13.3 Å². The summed E-state index contributed by atoms with van der Waals surface area (Å²) in [5, 5.41) is 7.24. The molecule has 3 heterocycles. The van der Waals surface area contributed by atoms with Crippen LogP contribution in [0.4, 0.5) is 0 Å². The molecule has 1 saturated heterocycles. The molecule has 1 fully saturated rings. The Morgan fingerprint density at radius 1 is 1.45 bits per heavy atom. The van der Waals surface area contributed by atoms with Gasteiger partial charge < -0.3 is 9.26 Å². The Balaban J connectivity index is 1.76. The minimum atomic E-state index is 0.107. The zero-order valence-electron chi connectivity index (χ0n) is 13.4. The van der Waals surface area contributed by atoms with E-state index in [1.807, 2.05) is 6.92 Å². The summed E-state index contributed by atoms with van der Waals surface area (Å²) in [6, 6.07) is 0.107. The monoisotopic (exact) mass is 322 g/mol. The molecule has 0 aliphatic carbocycles. The molecule has 0 amide bonds. The van der Waals surface area contributed by atoms with Gasteiger partial charge in [-0.25, -0.2) is 4.98 Å². The Bertz CT molecular complexity index is 625. The zero-order chi connectivity index (χ0) is 15.7. The highest BCUT2D eigenvalue weighted by Crippen LogP contribution is 2.34. The molecule has 0 spiro atoms. The molecule has 2 aromatic rings. The lowest BCUT2D eigenvalue weighted by atomic mass is 10.2. The minimum absolute atomic E-state index is 0.107. The molecule has 1 aliphatic heterocycles. The predicted octanol–water partition coefficient (Wildman–Crippen LogP) is 2.92. The van der Waals surface area contributed by atoms with Crippen molar-refractivity contribution in [2.75, 3.05) is 13.7 Å². The average molecular weight is 322 g/mol. The van der Waals surface area contributed by atoms with E-state index in [9.17, 15) is 0 Å². The first-order chi connectivity index (χ1) is 10.6. The fourth-order valence-electron chi connectivity index (χ4n) is 2.78. The van der Waals surface area contributed by atoms with Crippen LogP contribution in [0, 0.1) is 6.92 Å².